The summed E-state index contributed by atoms with van der Waals surface area (Å²) in [6.45, 7) is -0.749. The number of hydrogen-bond donors (Lipinski definition) is 1. The Bertz CT molecular complexity index is 789. The van der Waals surface area contributed by atoms with E-state index < -0.39 is 18.6 Å². The standard InChI is InChI=1S/C17H17F3N4O2/c18-17(19,20)11-23-10-14(8-22-23)24-9-13(6-15(24)25)16(26)21-7-12-4-2-1-3-5-12/h1-5,8,10,13H,6-7,9,11H2,(H,21,26)/t13-/m0/s1. The molecule has 0 unspecified atom stereocenters. The number of hydrogen-bond acceptors (Lipinski definition) is 3. The van der Waals surface area contributed by atoms with Crippen molar-refractivity contribution >= 4 is 17.5 Å². The number of aromatic nitrogens is 2. The molecule has 1 aliphatic heterocycles. The fourth-order valence-corrected chi connectivity index (χ4v) is 2.82. The van der Waals surface area contributed by atoms with Crippen LogP contribution >= 0.6 is 0 Å². The van der Waals surface area contributed by atoms with Crippen molar-refractivity contribution in [2.45, 2.75) is 25.7 Å². The first-order chi connectivity index (χ1) is 12.3. The molecule has 2 heterocycles. The van der Waals surface area contributed by atoms with Crippen LogP contribution < -0.4 is 10.2 Å². The SMILES string of the molecule is O=C(NCc1ccccc1)[C@H]1CC(=O)N(c2cnn(CC(F)(F)F)c2)C1. The van der Waals surface area contributed by atoms with Crippen LogP contribution in [0.2, 0.25) is 0 Å². The van der Waals surface area contributed by atoms with E-state index in [1.807, 2.05) is 30.3 Å². The van der Waals surface area contributed by atoms with Gasteiger partial charge in [0.05, 0.1) is 17.8 Å². The van der Waals surface area contributed by atoms with Crippen molar-refractivity contribution in [1.82, 2.24) is 15.1 Å². The number of carbonyl (C=O) groups is 2. The van der Waals surface area contributed by atoms with E-state index in [4.69, 9.17) is 0 Å². The molecule has 1 saturated heterocycles. The van der Waals surface area contributed by atoms with Crippen LogP contribution in [0.1, 0.15) is 12.0 Å². The van der Waals surface area contributed by atoms with E-state index in [1.54, 1.807) is 0 Å². The maximum absolute atomic E-state index is 12.4. The van der Waals surface area contributed by atoms with Crippen LogP contribution in [0.25, 0.3) is 0 Å². The molecule has 0 aliphatic carbocycles. The van der Waals surface area contributed by atoms with E-state index >= 15 is 0 Å². The highest BCUT2D eigenvalue weighted by molar-refractivity contribution is 6.00. The van der Waals surface area contributed by atoms with Crippen LogP contribution in [0.5, 0.6) is 0 Å². The van der Waals surface area contributed by atoms with Crippen LogP contribution in [0, 0.1) is 5.92 Å². The lowest BCUT2D eigenvalue weighted by Gasteiger charge is -2.14. The topological polar surface area (TPSA) is 67.2 Å². The van der Waals surface area contributed by atoms with Gasteiger partial charge in [0, 0.05) is 25.7 Å². The van der Waals surface area contributed by atoms with E-state index in [-0.39, 0.29) is 30.5 Å². The molecule has 6 nitrogen and oxygen atoms in total. The smallest absolute Gasteiger partial charge is 0.352 e. The van der Waals surface area contributed by atoms with Gasteiger partial charge in [-0.15, -0.1) is 0 Å². The van der Waals surface area contributed by atoms with Gasteiger partial charge in [0.25, 0.3) is 0 Å². The summed E-state index contributed by atoms with van der Waals surface area (Å²) in [6, 6.07) is 9.35. The number of halogens is 3. The predicted octanol–water partition coefficient (Wildman–Crippen LogP) is 2.11. The summed E-state index contributed by atoms with van der Waals surface area (Å²) in [5.74, 6) is -1.11. The third-order valence-corrected chi connectivity index (χ3v) is 4.08. The average molecular weight is 366 g/mol. The molecule has 0 saturated carbocycles. The van der Waals surface area contributed by atoms with Crippen LogP contribution in [0.4, 0.5) is 18.9 Å². The fraction of sp³-hybridized carbons (Fsp3) is 0.353. The van der Waals surface area contributed by atoms with Crippen molar-refractivity contribution in [2.24, 2.45) is 5.92 Å². The molecular formula is C17H17F3N4O2. The number of nitrogens with zero attached hydrogens (tertiary/aromatic N) is 3. The number of anilines is 1. The average Bonchev–Trinajstić information content (AvgIpc) is 3.18. The highest BCUT2D eigenvalue weighted by Gasteiger charge is 2.36. The van der Waals surface area contributed by atoms with Crippen LogP contribution in [0.15, 0.2) is 42.7 Å². The number of benzene rings is 1. The van der Waals surface area contributed by atoms with Gasteiger partial charge in [0.15, 0.2) is 0 Å². The molecule has 1 aromatic carbocycles. The van der Waals surface area contributed by atoms with Crippen molar-refractivity contribution in [2.75, 3.05) is 11.4 Å². The van der Waals surface area contributed by atoms with Crippen LogP contribution in [-0.2, 0) is 22.7 Å². The summed E-state index contributed by atoms with van der Waals surface area (Å²) in [5, 5.41) is 6.41. The minimum Gasteiger partial charge on any atom is -0.352 e. The molecule has 1 aromatic heterocycles. The van der Waals surface area contributed by atoms with Gasteiger partial charge in [0.1, 0.15) is 6.54 Å². The largest absolute Gasteiger partial charge is 0.408 e. The monoisotopic (exact) mass is 366 g/mol. The number of rotatable bonds is 5. The molecule has 2 amide bonds. The van der Waals surface area contributed by atoms with E-state index in [0.29, 0.717) is 6.54 Å². The predicted molar refractivity (Wildman–Crippen MR) is 87.0 cm³/mol. The second-order valence-corrected chi connectivity index (χ2v) is 6.12. The normalized spacial score (nSPS) is 17.6. The Morgan fingerprint density at radius 1 is 1.27 bits per heavy atom. The molecule has 1 fully saturated rings. The maximum Gasteiger partial charge on any atom is 0.408 e. The van der Waals surface area contributed by atoms with E-state index in [2.05, 4.69) is 10.4 Å². The van der Waals surface area contributed by atoms with Gasteiger partial charge < -0.3 is 10.2 Å². The molecule has 1 atom stereocenters. The third kappa shape index (κ3) is 4.41. The third-order valence-electron chi connectivity index (χ3n) is 4.08. The summed E-state index contributed by atoms with van der Waals surface area (Å²) in [6.07, 6.45) is -2.01. The van der Waals surface area contributed by atoms with E-state index in [9.17, 15) is 22.8 Å². The Morgan fingerprint density at radius 3 is 2.69 bits per heavy atom. The van der Waals surface area contributed by atoms with Gasteiger partial charge in [0.2, 0.25) is 11.8 Å². The second kappa shape index (κ2) is 7.19. The zero-order valence-corrected chi connectivity index (χ0v) is 13.7. The molecule has 138 valence electrons. The van der Waals surface area contributed by atoms with Crippen molar-refractivity contribution in [1.29, 1.82) is 0 Å². The van der Waals surface area contributed by atoms with Gasteiger partial charge in [-0.05, 0) is 5.56 Å². The lowest BCUT2D eigenvalue weighted by atomic mass is 10.1. The molecule has 1 aliphatic rings. The van der Waals surface area contributed by atoms with Gasteiger partial charge in [-0.3, -0.25) is 14.3 Å². The Morgan fingerprint density at radius 2 is 2.00 bits per heavy atom. The zero-order valence-electron chi connectivity index (χ0n) is 13.7. The van der Waals surface area contributed by atoms with Crippen molar-refractivity contribution < 1.29 is 22.8 Å². The fourth-order valence-electron chi connectivity index (χ4n) is 2.82. The summed E-state index contributed by atoms with van der Waals surface area (Å²) in [7, 11) is 0. The van der Waals surface area contributed by atoms with Gasteiger partial charge in [-0.1, -0.05) is 30.3 Å². The van der Waals surface area contributed by atoms with Gasteiger partial charge in [-0.2, -0.15) is 18.3 Å². The Hall–Kier alpha value is -2.84. The van der Waals surface area contributed by atoms with E-state index in [0.717, 1.165) is 16.4 Å². The Labute approximate surface area is 147 Å². The van der Waals surface area contributed by atoms with Crippen molar-refractivity contribution in [3.63, 3.8) is 0 Å². The zero-order chi connectivity index (χ0) is 18.7. The van der Waals surface area contributed by atoms with Crippen LogP contribution in [0.3, 0.4) is 0 Å². The molecule has 3 rings (SSSR count). The number of amides is 2. The Kier molecular flexibility index (Phi) is 4.97. The first kappa shape index (κ1) is 18.0. The molecule has 26 heavy (non-hydrogen) atoms. The first-order valence-electron chi connectivity index (χ1n) is 8.03. The van der Waals surface area contributed by atoms with Crippen LogP contribution in [-0.4, -0.2) is 34.3 Å². The quantitative estimate of drug-likeness (QED) is 0.881. The summed E-state index contributed by atoms with van der Waals surface area (Å²) in [5.41, 5.74) is 1.20. The minimum atomic E-state index is -4.39. The lowest BCUT2D eigenvalue weighted by Crippen LogP contribution is -2.32. The van der Waals surface area contributed by atoms with Crippen molar-refractivity contribution in [3.8, 4) is 0 Å². The molecule has 0 spiro atoms. The number of carbonyl (C=O) groups excluding carboxylic acids is 2. The molecule has 1 N–H and O–H groups in total. The molecule has 2 aromatic rings. The summed E-state index contributed by atoms with van der Waals surface area (Å²) in [4.78, 5) is 25.7. The number of alkyl halides is 3. The number of nitrogens with one attached hydrogen (secondary N) is 1. The van der Waals surface area contributed by atoms with E-state index in [1.165, 1.54) is 11.1 Å². The molecule has 0 bridgehead atoms. The summed E-state index contributed by atoms with van der Waals surface area (Å²) >= 11 is 0. The molecule has 9 heteroatoms. The van der Waals surface area contributed by atoms with Gasteiger partial charge >= 0.3 is 6.18 Å². The maximum atomic E-state index is 12.4. The first-order valence-corrected chi connectivity index (χ1v) is 8.03. The summed E-state index contributed by atoms with van der Waals surface area (Å²) < 4.78 is 37.9. The van der Waals surface area contributed by atoms with Gasteiger partial charge in [-0.25, -0.2) is 0 Å². The molecular weight excluding hydrogens is 349 g/mol. The van der Waals surface area contributed by atoms with Crippen molar-refractivity contribution in [3.05, 3.63) is 48.3 Å². The second-order valence-electron chi connectivity index (χ2n) is 6.12. The Balaban J connectivity index is 1.59. The highest BCUT2D eigenvalue weighted by atomic mass is 19.4. The minimum absolute atomic E-state index is 0.0189. The molecule has 0 radical (unpaired) electrons. The highest BCUT2D eigenvalue weighted by Crippen LogP contribution is 2.26. The lowest BCUT2D eigenvalue weighted by molar-refractivity contribution is -0.142.